The average molecular weight is 356 g/mol. The third-order valence-corrected chi connectivity index (χ3v) is 4.87. The molecule has 0 spiro atoms. The number of rotatable bonds is 6. The molecule has 0 amide bonds. The molecule has 2 N–H and O–H groups in total. The van der Waals surface area contributed by atoms with Gasteiger partial charge in [-0.1, -0.05) is 35.2 Å². The summed E-state index contributed by atoms with van der Waals surface area (Å²) in [5.74, 6) is 2.15. The van der Waals surface area contributed by atoms with E-state index in [4.69, 9.17) is 15.2 Å². The number of benzene rings is 1. The third-order valence-electron chi connectivity index (χ3n) is 4.18. The van der Waals surface area contributed by atoms with Gasteiger partial charge in [0.05, 0.1) is 13.2 Å². The molecule has 0 heterocycles. The maximum Gasteiger partial charge on any atom is 0.162 e. The molecule has 1 saturated carbocycles. The average Bonchev–Trinajstić information content (AvgIpc) is 2.50. The van der Waals surface area contributed by atoms with Gasteiger partial charge >= 0.3 is 0 Å². The van der Waals surface area contributed by atoms with Crippen molar-refractivity contribution in [2.75, 3.05) is 13.2 Å². The van der Waals surface area contributed by atoms with E-state index in [1.165, 1.54) is 32.1 Å². The molecule has 1 aromatic carbocycles. The zero-order valence-corrected chi connectivity index (χ0v) is 14.6. The number of nitrogens with two attached hydrogens (primary N) is 1. The summed E-state index contributed by atoms with van der Waals surface area (Å²) in [6.07, 6.45) is 6.39. The highest BCUT2D eigenvalue weighted by Gasteiger charge is 2.25. The first-order valence-corrected chi connectivity index (χ1v) is 8.81. The van der Waals surface area contributed by atoms with Crippen molar-refractivity contribution in [2.45, 2.75) is 52.0 Å². The van der Waals surface area contributed by atoms with Crippen LogP contribution in [0, 0.1) is 5.92 Å². The number of hydrogen-bond donors (Lipinski definition) is 1. The van der Waals surface area contributed by atoms with Crippen molar-refractivity contribution in [1.29, 1.82) is 0 Å². The normalized spacial score (nSPS) is 17.5. The van der Waals surface area contributed by atoms with Gasteiger partial charge in [0, 0.05) is 10.5 Å². The van der Waals surface area contributed by atoms with Gasteiger partial charge in [-0.05, 0) is 50.3 Å². The summed E-state index contributed by atoms with van der Waals surface area (Å²) >= 11 is 3.65. The number of halogens is 1. The molecule has 1 fully saturated rings. The number of hydrogen-bond acceptors (Lipinski definition) is 3. The molecule has 1 atom stereocenters. The lowest BCUT2D eigenvalue weighted by atomic mass is 9.81. The third kappa shape index (κ3) is 4.13. The van der Waals surface area contributed by atoms with E-state index in [2.05, 4.69) is 22.0 Å². The van der Waals surface area contributed by atoms with Gasteiger partial charge in [-0.15, -0.1) is 0 Å². The number of ether oxygens (including phenoxy) is 2. The molecule has 0 aromatic heterocycles. The Balaban J connectivity index is 2.27. The van der Waals surface area contributed by atoms with Gasteiger partial charge in [-0.3, -0.25) is 0 Å². The van der Waals surface area contributed by atoms with Gasteiger partial charge in [0.1, 0.15) is 0 Å². The minimum absolute atomic E-state index is 0.0644. The summed E-state index contributed by atoms with van der Waals surface area (Å²) in [7, 11) is 0. The zero-order valence-electron chi connectivity index (χ0n) is 13.0. The van der Waals surface area contributed by atoms with Gasteiger partial charge in [0.25, 0.3) is 0 Å². The van der Waals surface area contributed by atoms with E-state index in [0.717, 1.165) is 21.5 Å². The van der Waals surface area contributed by atoms with E-state index >= 15 is 0 Å². The summed E-state index contributed by atoms with van der Waals surface area (Å²) in [6, 6.07) is 4.11. The Kier molecular flexibility index (Phi) is 6.37. The summed E-state index contributed by atoms with van der Waals surface area (Å²) in [5.41, 5.74) is 7.67. The molecule has 1 aromatic rings. The smallest absolute Gasteiger partial charge is 0.162 e. The minimum Gasteiger partial charge on any atom is -0.490 e. The van der Waals surface area contributed by atoms with E-state index in [9.17, 15) is 0 Å². The lowest BCUT2D eigenvalue weighted by Gasteiger charge is -2.29. The van der Waals surface area contributed by atoms with Crippen LogP contribution in [0.25, 0.3) is 0 Å². The Hall–Kier alpha value is -0.740. The van der Waals surface area contributed by atoms with Crippen molar-refractivity contribution < 1.29 is 9.47 Å². The molecule has 21 heavy (non-hydrogen) atoms. The van der Waals surface area contributed by atoms with Crippen molar-refractivity contribution in [3.05, 3.63) is 22.2 Å². The molecule has 0 radical (unpaired) electrons. The van der Waals surface area contributed by atoms with Crippen LogP contribution in [0.1, 0.15) is 57.6 Å². The van der Waals surface area contributed by atoms with Crippen molar-refractivity contribution in [3.63, 3.8) is 0 Å². The van der Waals surface area contributed by atoms with E-state index in [0.29, 0.717) is 19.1 Å². The molecule has 2 rings (SSSR count). The van der Waals surface area contributed by atoms with Crippen LogP contribution in [-0.4, -0.2) is 13.2 Å². The summed E-state index contributed by atoms with van der Waals surface area (Å²) in [4.78, 5) is 0. The first-order valence-electron chi connectivity index (χ1n) is 8.02. The molecule has 0 aliphatic heterocycles. The molecule has 3 nitrogen and oxygen atoms in total. The van der Waals surface area contributed by atoms with E-state index < -0.39 is 0 Å². The SMILES string of the molecule is CCOc1cc(Br)c(C(N)C2CCCCC2)cc1OCC. The van der Waals surface area contributed by atoms with Gasteiger partial charge in [-0.25, -0.2) is 0 Å². The highest BCUT2D eigenvalue weighted by molar-refractivity contribution is 9.10. The van der Waals surface area contributed by atoms with Gasteiger partial charge in [0.2, 0.25) is 0 Å². The van der Waals surface area contributed by atoms with Crippen molar-refractivity contribution in [2.24, 2.45) is 11.7 Å². The van der Waals surface area contributed by atoms with Crippen LogP contribution in [-0.2, 0) is 0 Å². The summed E-state index contributed by atoms with van der Waals surface area (Å²) in [6.45, 7) is 5.21. The molecule has 1 unspecified atom stereocenters. The van der Waals surface area contributed by atoms with Crippen LogP contribution in [0.5, 0.6) is 11.5 Å². The Morgan fingerprint density at radius 1 is 1.10 bits per heavy atom. The predicted molar refractivity (Wildman–Crippen MR) is 90.0 cm³/mol. The molecule has 0 bridgehead atoms. The summed E-state index contributed by atoms with van der Waals surface area (Å²) < 4.78 is 12.4. The monoisotopic (exact) mass is 355 g/mol. The van der Waals surface area contributed by atoms with Gasteiger partial charge in [0.15, 0.2) is 11.5 Å². The maximum absolute atomic E-state index is 6.53. The van der Waals surface area contributed by atoms with Crippen molar-refractivity contribution >= 4 is 15.9 Å². The Labute approximate surface area is 136 Å². The van der Waals surface area contributed by atoms with E-state index in [1.54, 1.807) is 0 Å². The first-order chi connectivity index (χ1) is 10.2. The van der Waals surface area contributed by atoms with E-state index in [-0.39, 0.29) is 6.04 Å². The molecule has 1 aliphatic rings. The molecule has 4 heteroatoms. The van der Waals surface area contributed by atoms with Gasteiger partial charge < -0.3 is 15.2 Å². The Bertz CT molecular complexity index is 458. The second kappa shape index (κ2) is 8.04. The lowest BCUT2D eigenvalue weighted by Crippen LogP contribution is -2.24. The molecular formula is C17H26BrNO2. The summed E-state index contributed by atoms with van der Waals surface area (Å²) in [5, 5.41) is 0. The molecule has 1 aliphatic carbocycles. The van der Waals surface area contributed by atoms with Crippen LogP contribution in [0.3, 0.4) is 0 Å². The van der Waals surface area contributed by atoms with Crippen molar-refractivity contribution in [3.8, 4) is 11.5 Å². The molecular weight excluding hydrogens is 330 g/mol. The quantitative estimate of drug-likeness (QED) is 0.794. The topological polar surface area (TPSA) is 44.5 Å². The molecule has 118 valence electrons. The van der Waals surface area contributed by atoms with Crippen LogP contribution >= 0.6 is 15.9 Å². The van der Waals surface area contributed by atoms with Crippen LogP contribution in [0.15, 0.2) is 16.6 Å². The zero-order chi connectivity index (χ0) is 15.2. The van der Waals surface area contributed by atoms with Crippen LogP contribution in [0.2, 0.25) is 0 Å². The van der Waals surface area contributed by atoms with Crippen LogP contribution in [0.4, 0.5) is 0 Å². The first kappa shape index (κ1) is 16.6. The van der Waals surface area contributed by atoms with Gasteiger partial charge in [-0.2, -0.15) is 0 Å². The fourth-order valence-electron chi connectivity index (χ4n) is 3.09. The predicted octanol–water partition coefficient (Wildman–Crippen LogP) is 4.83. The molecule has 0 saturated heterocycles. The Morgan fingerprint density at radius 3 is 2.24 bits per heavy atom. The second-order valence-electron chi connectivity index (χ2n) is 5.61. The highest BCUT2D eigenvalue weighted by Crippen LogP contribution is 2.40. The largest absolute Gasteiger partial charge is 0.490 e. The Morgan fingerprint density at radius 2 is 1.67 bits per heavy atom. The van der Waals surface area contributed by atoms with E-state index in [1.807, 2.05) is 19.9 Å². The lowest BCUT2D eigenvalue weighted by molar-refractivity contribution is 0.284. The highest BCUT2D eigenvalue weighted by atomic mass is 79.9. The van der Waals surface area contributed by atoms with Crippen molar-refractivity contribution in [1.82, 2.24) is 0 Å². The van der Waals surface area contributed by atoms with Crippen LogP contribution < -0.4 is 15.2 Å². The maximum atomic E-state index is 6.53. The fourth-order valence-corrected chi connectivity index (χ4v) is 3.68. The minimum atomic E-state index is 0.0644. The standard InChI is InChI=1S/C17H26BrNO2/c1-3-20-15-10-13(14(18)11-16(15)21-4-2)17(19)12-8-6-5-7-9-12/h10-12,17H,3-9,19H2,1-2H3. The second-order valence-corrected chi connectivity index (χ2v) is 6.46. The fraction of sp³-hybridized carbons (Fsp3) is 0.647.